The fourth-order valence-corrected chi connectivity index (χ4v) is 2.16. The fourth-order valence-electron chi connectivity index (χ4n) is 2.16. The summed E-state index contributed by atoms with van der Waals surface area (Å²) in [6, 6.07) is 17.1. The van der Waals surface area contributed by atoms with E-state index in [1.807, 2.05) is 54.6 Å². The maximum Gasteiger partial charge on any atom is 0.254 e. The summed E-state index contributed by atoms with van der Waals surface area (Å²) in [6.45, 7) is 8.84. The van der Waals surface area contributed by atoms with E-state index in [1.165, 1.54) is 0 Å². The summed E-state index contributed by atoms with van der Waals surface area (Å²) >= 11 is 0. The number of hydrogen-bond acceptors (Lipinski definition) is 2. The van der Waals surface area contributed by atoms with Crippen LogP contribution < -0.4 is 4.74 Å². The van der Waals surface area contributed by atoms with E-state index in [0.29, 0.717) is 25.3 Å². The summed E-state index contributed by atoms with van der Waals surface area (Å²) in [5.74, 6) is 0.802. The normalized spacial score (nSPS) is 9.91. The number of carbonyl (C=O) groups is 1. The van der Waals surface area contributed by atoms with E-state index in [-0.39, 0.29) is 5.91 Å². The Labute approximate surface area is 137 Å². The molecule has 0 saturated carbocycles. The van der Waals surface area contributed by atoms with Crippen LogP contribution in [0.2, 0.25) is 0 Å². The number of benzene rings is 2. The first-order chi connectivity index (χ1) is 11.2. The van der Waals surface area contributed by atoms with Crippen LogP contribution in [0.5, 0.6) is 5.75 Å². The summed E-state index contributed by atoms with van der Waals surface area (Å²) in [4.78, 5) is 14.1. The molecule has 2 aromatic carbocycles. The van der Waals surface area contributed by atoms with Gasteiger partial charge in [0.05, 0.1) is 0 Å². The molecule has 0 atom stereocenters. The first kappa shape index (κ1) is 16.6. The average molecular weight is 307 g/mol. The number of amides is 1. The summed E-state index contributed by atoms with van der Waals surface area (Å²) in [5, 5.41) is 0. The summed E-state index contributed by atoms with van der Waals surface area (Å²) < 4.78 is 5.70. The molecule has 118 valence electrons. The van der Waals surface area contributed by atoms with E-state index in [9.17, 15) is 4.79 Å². The Morgan fingerprint density at radius 2 is 1.57 bits per heavy atom. The predicted molar refractivity (Wildman–Crippen MR) is 93.5 cm³/mol. The van der Waals surface area contributed by atoms with Gasteiger partial charge < -0.3 is 9.64 Å². The van der Waals surface area contributed by atoms with Gasteiger partial charge in [-0.2, -0.15) is 0 Å². The Kier molecular flexibility index (Phi) is 6.18. The molecule has 3 heteroatoms. The molecule has 0 aliphatic heterocycles. The van der Waals surface area contributed by atoms with Gasteiger partial charge in [0.2, 0.25) is 0 Å². The lowest BCUT2D eigenvalue weighted by Crippen LogP contribution is -2.31. The van der Waals surface area contributed by atoms with Crippen molar-refractivity contribution in [3.05, 3.63) is 91.0 Å². The summed E-state index contributed by atoms with van der Waals surface area (Å²) in [7, 11) is 0. The minimum absolute atomic E-state index is 0.0275. The van der Waals surface area contributed by atoms with Crippen LogP contribution in [0.4, 0.5) is 0 Å². The number of para-hydroxylation sites is 1. The zero-order valence-electron chi connectivity index (χ0n) is 13.2. The van der Waals surface area contributed by atoms with Crippen molar-refractivity contribution in [3.63, 3.8) is 0 Å². The molecule has 23 heavy (non-hydrogen) atoms. The molecule has 0 aliphatic rings. The highest BCUT2D eigenvalue weighted by Gasteiger charge is 2.12. The van der Waals surface area contributed by atoms with E-state index < -0.39 is 0 Å². The van der Waals surface area contributed by atoms with Crippen LogP contribution in [0.15, 0.2) is 79.9 Å². The van der Waals surface area contributed by atoms with Gasteiger partial charge in [-0.05, 0) is 29.8 Å². The van der Waals surface area contributed by atoms with E-state index in [4.69, 9.17) is 4.74 Å². The average Bonchev–Trinajstić information content (AvgIpc) is 2.60. The van der Waals surface area contributed by atoms with Crippen molar-refractivity contribution in [2.45, 2.75) is 6.61 Å². The lowest BCUT2D eigenvalue weighted by molar-refractivity contribution is 0.0791. The van der Waals surface area contributed by atoms with Gasteiger partial charge in [-0.25, -0.2) is 0 Å². The molecule has 0 aliphatic carbocycles. The first-order valence-corrected chi connectivity index (χ1v) is 7.52. The van der Waals surface area contributed by atoms with Crippen molar-refractivity contribution >= 4 is 5.91 Å². The molecule has 0 bridgehead atoms. The maximum atomic E-state index is 12.4. The van der Waals surface area contributed by atoms with Gasteiger partial charge in [-0.3, -0.25) is 4.79 Å². The molecule has 0 N–H and O–H groups in total. The van der Waals surface area contributed by atoms with Crippen molar-refractivity contribution in [2.75, 3.05) is 13.1 Å². The highest BCUT2D eigenvalue weighted by Crippen LogP contribution is 2.13. The van der Waals surface area contributed by atoms with E-state index in [0.717, 1.165) is 11.3 Å². The topological polar surface area (TPSA) is 29.5 Å². The van der Waals surface area contributed by atoms with Crippen molar-refractivity contribution in [3.8, 4) is 5.75 Å². The Hall–Kier alpha value is -2.81. The highest BCUT2D eigenvalue weighted by molar-refractivity contribution is 5.94. The Balaban J connectivity index is 1.99. The number of ether oxygens (including phenoxy) is 1. The van der Waals surface area contributed by atoms with Crippen LogP contribution >= 0.6 is 0 Å². The van der Waals surface area contributed by atoms with Crippen LogP contribution in [0.25, 0.3) is 0 Å². The largest absolute Gasteiger partial charge is 0.489 e. The van der Waals surface area contributed by atoms with Crippen molar-refractivity contribution < 1.29 is 9.53 Å². The highest BCUT2D eigenvalue weighted by atomic mass is 16.5. The Morgan fingerprint density at radius 1 is 0.957 bits per heavy atom. The van der Waals surface area contributed by atoms with Crippen molar-refractivity contribution in [1.82, 2.24) is 4.90 Å². The van der Waals surface area contributed by atoms with E-state index in [2.05, 4.69) is 13.2 Å². The second-order valence-corrected chi connectivity index (χ2v) is 5.09. The van der Waals surface area contributed by atoms with Gasteiger partial charge in [0.25, 0.3) is 5.91 Å². The molecule has 0 aromatic heterocycles. The molecular formula is C20H21NO2. The number of hydrogen-bond donors (Lipinski definition) is 0. The number of nitrogens with zero attached hydrogens (tertiary/aromatic N) is 1. The van der Waals surface area contributed by atoms with Gasteiger partial charge >= 0.3 is 0 Å². The molecule has 0 heterocycles. The Bertz CT molecular complexity index is 637. The third-order valence-corrected chi connectivity index (χ3v) is 3.34. The zero-order valence-corrected chi connectivity index (χ0v) is 13.2. The van der Waals surface area contributed by atoms with Crippen molar-refractivity contribution in [1.29, 1.82) is 0 Å². The molecule has 0 spiro atoms. The molecule has 2 rings (SSSR count). The fraction of sp³-hybridized carbons (Fsp3) is 0.150. The molecule has 0 saturated heterocycles. The summed E-state index contributed by atoms with van der Waals surface area (Å²) in [5.41, 5.74) is 1.67. The molecule has 0 unspecified atom stereocenters. The van der Waals surface area contributed by atoms with E-state index >= 15 is 0 Å². The quantitative estimate of drug-likeness (QED) is 0.688. The van der Waals surface area contributed by atoms with Gasteiger partial charge in [-0.1, -0.05) is 42.5 Å². The van der Waals surface area contributed by atoms with Crippen LogP contribution in [-0.4, -0.2) is 23.9 Å². The third kappa shape index (κ3) is 4.85. The zero-order chi connectivity index (χ0) is 16.5. The second kappa shape index (κ2) is 8.59. The molecule has 1 amide bonds. The minimum Gasteiger partial charge on any atom is -0.489 e. The molecular weight excluding hydrogens is 286 g/mol. The van der Waals surface area contributed by atoms with Gasteiger partial charge in [0.15, 0.2) is 0 Å². The monoisotopic (exact) mass is 307 g/mol. The van der Waals surface area contributed by atoms with Crippen LogP contribution in [-0.2, 0) is 6.61 Å². The molecule has 2 aromatic rings. The Morgan fingerprint density at radius 3 is 2.13 bits per heavy atom. The predicted octanol–water partition coefficient (Wildman–Crippen LogP) is 4.08. The van der Waals surface area contributed by atoms with Gasteiger partial charge in [0, 0.05) is 18.7 Å². The third-order valence-electron chi connectivity index (χ3n) is 3.34. The second-order valence-electron chi connectivity index (χ2n) is 5.09. The first-order valence-electron chi connectivity index (χ1n) is 7.52. The maximum absolute atomic E-state index is 12.4. The number of carbonyl (C=O) groups excluding carboxylic acids is 1. The van der Waals surface area contributed by atoms with Crippen molar-refractivity contribution in [2.24, 2.45) is 0 Å². The lowest BCUT2D eigenvalue weighted by atomic mass is 10.1. The van der Waals surface area contributed by atoms with Crippen LogP contribution in [0, 0.1) is 0 Å². The summed E-state index contributed by atoms with van der Waals surface area (Å²) in [6.07, 6.45) is 3.42. The minimum atomic E-state index is -0.0275. The van der Waals surface area contributed by atoms with Crippen LogP contribution in [0.3, 0.4) is 0 Å². The number of rotatable bonds is 8. The standard InChI is InChI=1S/C20H21NO2/c1-3-14-21(15-4-2)20(22)18-12-10-17(11-13-18)16-23-19-8-6-5-7-9-19/h3-13H,1-2,14-16H2. The lowest BCUT2D eigenvalue weighted by Gasteiger charge is -2.19. The van der Waals surface area contributed by atoms with Crippen LogP contribution in [0.1, 0.15) is 15.9 Å². The van der Waals surface area contributed by atoms with E-state index in [1.54, 1.807) is 17.1 Å². The smallest absolute Gasteiger partial charge is 0.254 e. The van der Waals surface area contributed by atoms with Gasteiger partial charge in [0.1, 0.15) is 12.4 Å². The molecule has 0 radical (unpaired) electrons. The molecule has 0 fully saturated rings. The molecule has 3 nitrogen and oxygen atoms in total. The van der Waals surface area contributed by atoms with Gasteiger partial charge in [-0.15, -0.1) is 13.2 Å². The SMILES string of the molecule is C=CCN(CC=C)C(=O)c1ccc(COc2ccccc2)cc1.